The van der Waals surface area contributed by atoms with Gasteiger partial charge in [-0.15, -0.1) is 0 Å². The lowest BCUT2D eigenvalue weighted by molar-refractivity contribution is 0.446. The van der Waals surface area contributed by atoms with Crippen molar-refractivity contribution in [2.45, 2.75) is 72.1 Å². The monoisotopic (exact) mass is 670 g/mol. The van der Waals surface area contributed by atoms with Gasteiger partial charge in [0.1, 0.15) is 17.1 Å². The van der Waals surface area contributed by atoms with Crippen molar-refractivity contribution in [2.24, 2.45) is 0 Å². The van der Waals surface area contributed by atoms with Crippen LogP contribution in [0.15, 0.2) is 122 Å². The van der Waals surface area contributed by atoms with Crippen molar-refractivity contribution in [2.75, 3.05) is 0 Å². The van der Waals surface area contributed by atoms with Crippen LogP contribution in [0, 0.1) is 0 Å². The van der Waals surface area contributed by atoms with Gasteiger partial charge in [-0.3, -0.25) is 14.5 Å². The molecule has 1 N–H and O–H groups in total. The van der Waals surface area contributed by atoms with Gasteiger partial charge in [0.2, 0.25) is 0 Å². The molecule has 0 fully saturated rings. The molecule has 0 spiro atoms. The predicted molar refractivity (Wildman–Crippen MR) is 212 cm³/mol. The molecule has 7 aromatic rings. The Morgan fingerprint density at radius 2 is 1.35 bits per heavy atom. The van der Waals surface area contributed by atoms with E-state index < -0.39 is 0 Å². The molecule has 0 unspecified atom stereocenters. The molecule has 0 aliphatic rings. The maximum atomic E-state index is 12.2. The lowest BCUT2D eigenvalue weighted by atomic mass is 9.79. The molecule has 0 amide bonds. The summed E-state index contributed by atoms with van der Waals surface area (Å²) in [5.74, 6) is 1.22. The highest BCUT2D eigenvalue weighted by Crippen LogP contribution is 2.45. The summed E-state index contributed by atoms with van der Waals surface area (Å²) in [6.07, 6.45) is 5.65. The van der Waals surface area contributed by atoms with Crippen molar-refractivity contribution in [3.63, 3.8) is 0 Å². The van der Waals surface area contributed by atoms with Crippen molar-refractivity contribution in [3.8, 4) is 56.3 Å². The minimum atomic E-state index is -0.301. The number of rotatable bonds is 6. The Balaban J connectivity index is 1.60. The average Bonchev–Trinajstić information content (AvgIpc) is 3.50. The SMILES string of the molecule is CC(C)c1cc(-c2ccccn2)cc(-c2cncc3c2nc(-c2cc(C(C)(C)C)cc(C(C)(C)C)c2O)n3-c2ccccc2-c2ccccc2)c1. The normalized spacial score (nSPS) is 12.2. The predicted octanol–water partition coefficient (Wildman–Crippen LogP) is 11.9. The van der Waals surface area contributed by atoms with Crippen LogP contribution in [0.3, 0.4) is 0 Å². The minimum Gasteiger partial charge on any atom is -0.507 e. The number of aromatic nitrogens is 4. The molecule has 0 saturated carbocycles. The number of phenols is 1. The van der Waals surface area contributed by atoms with Crippen LogP contribution in [-0.2, 0) is 10.8 Å². The second-order valence-corrected chi connectivity index (χ2v) is 15.8. The van der Waals surface area contributed by atoms with E-state index in [1.54, 1.807) is 0 Å². The third-order valence-corrected chi connectivity index (χ3v) is 9.72. The highest BCUT2D eigenvalue weighted by atomic mass is 16.3. The smallest absolute Gasteiger partial charge is 0.149 e. The number of pyridine rings is 2. The molecule has 256 valence electrons. The van der Waals surface area contributed by atoms with E-state index in [2.05, 4.69) is 144 Å². The first-order valence-electron chi connectivity index (χ1n) is 17.8. The van der Waals surface area contributed by atoms with E-state index in [0.29, 0.717) is 17.3 Å². The molecule has 7 rings (SSSR count). The average molecular weight is 671 g/mol. The Morgan fingerprint density at radius 3 is 2.04 bits per heavy atom. The summed E-state index contributed by atoms with van der Waals surface area (Å²) in [6.45, 7) is 17.5. The Kier molecular flexibility index (Phi) is 8.62. The van der Waals surface area contributed by atoms with Gasteiger partial charge in [-0.25, -0.2) is 4.98 Å². The molecule has 4 aromatic carbocycles. The van der Waals surface area contributed by atoms with E-state index in [0.717, 1.165) is 61.4 Å². The van der Waals surface area contributed by atoms with Crippen molar-refractivity contribution in [1.82, 2.24) is 19.5 Å². The van der Waals surface area contributed by atoms with Crippen LogP contribution in [0.5, 0.6) is 5.75 Å². The summed E-state index contributed by atoms with van der Waals surface area (Å²) in [7, 11) is 0. The van der Waals surface area contributed by atoms with Gasteiger partial charge in [0.05, 0.1) is 28.7 Å². The Hall–Kier alpha value is -5.55. The fourth-order valence-corrected chi connectivity index (χ4v) is 6.79. The quantitative estimate of drug-likeness (QED) is 0.191. The maximum absolute atomic E-state index is 12.2. The molecule has 0 aliphatic heterocycles. The molecular formula is C46H46N4O. The summed E-state index contributed by atoms with van der Waals surface area (Å²) >= 11 is 0. The third-order valence-electron chi connectivity index (χ3n) is 9.72. The molecule has 51 heavy (non-hydrogen) atoms. The highest BCUT2D eigenvalue weighted by Gasteiger charge is 2.29. The van der Waals surface area contributed by atoms with E-state index in [-0.39, 0.29) is 16.6 Å². The van der Waals surface area contributed by atoms with Crippen molar-refractivity contribution >= 4 is 11.0 Å². The van der Waals surface area contributed by atoms with Gasteiger partial charge in [-0.05, 0) is 75.4 Å². The fourth-order valence-electron chi connectivity index (χ4n) is 6.79. The fraction of sp³-hybridized carbons (Fsp3) is 0.239. The molecule has 0 saturated heterocycles. The van der Waals surface area contributed by atoms with Crippen molar-refractivity contribution < 1.29 is 5.11 Å². The van der Waals surface area contributed by atoms with Crippen molar-refractivity contribution in [3.05, 3.63) is 138 Å². The summed E-state index contributed by atoms with van der Waals surface area (Å²) < 4.78 is 2.19. The Morgan fingerprint density at radius 1 is 0.647 bits per heavy atom. The van der Waals surface area contributed by atoms with Crippen LogP contribution in [0.25, 0.3) is 61.6 Å². The summed E-state index contributed by atoms with van der Waals surface area (Å²) in [4.78, 5) is 15.0. The van der Waals surface area contributed by atoms with E-state index in [9.17, 15) is 5.11 Å². The Bertz CT molecular complexity index is 2360. The van der Waals surface area contributed by atoms with Gasteiger partial charge < -0.3 is 5.11 Å². The summed E-state index contributed by atoms with van der Waals surface area (Å²) in [5.41, 5.74) is 12.2. The summed E-state index contributed by atoms with van der Waals surface area (Å²) in [5, 5.41) is 12.2. The molecule has 0 atom stereocenters. The third kappa shape index (κ3) is 6.45. The van der Waals surface area contributed by atoms with E-state index in [4.69, 9.17) is 9.97 Å². The molecule has 3 heterocycles. The lowest BCUT2D eigenvalue weighted by Gasteiger charge is -2.27. The molecule has 0 bridgehead atoms. The van der Waals surface area contributed by atoms with Crippen LogP contribution >= 0.6 is 0 Å². The molecular weight excluding hydrogens is 625 g/mol. The van der Waals surface area contributed by atoms with Crippen LogP contribution < -0.4 is 0 Å². The van der Waals surface area contributed by atoms with Crippen LogP contribution in [0.2, 0.25) is 0 Å². The number of hydrogen-bond acceptors (Lipinski definition) is 4. The standard InChI is InChI=1S/C46H46N4O/c1-29(2)31-22-32(24-33(23-31)39-19-14-15-21-48-39)37-27-47-28-41-42(37)49-44(36-25-34(45(3,4)5)26-38(43(36)51)46(6,7)8)50(41)40-20-13-12-18-35(40)30-16-10-9-11-17-30/h9-29,51H,1-8H3. The minimum absolute atomic E-state index is 0.160. The van der Waals surface area contributed by atoms with Crippen LogP contribution in [-0.4, -0.2) is 24.6 Å². The van der Waals surface area contributed by atoms with Gasteiger partial charge in [0, 0.05) is 34.6 Å². The Labute approximate surface area is 301 Å². The van der Waals surface area contributed by atoms with E-state index >= 15 is 0 Å². The number of nitrogens with zero attached hydrogens (tertiary/aromatic N) is 4. The molecule has 0 aliphatic carbocycles. The van der Waals surface area contributed by atoms with E-state index in [1.807, 2.05) is 42.9 Å². The van der Waals surface area contributed by atoms with Gasteiger partial charge in [-0.1, -0.05) is 122 Å². The van der Waals surface area contributed by atoms with Gasteiger partial charge in [0.25, 0.3) is 0 Å². The largest absolute Gasteiger partial charge is 0.507 e. The number of benzene rings is 4. The first-order chi connectivity index (χ1) is 24.3. The first kappa shape index (κ1) is 33.9. The van der Waals surface area contributed by atoms with Gasteiger partial charge in [-0.2, -0.15) is 0 Å². The number of phenolic OH excluding ortho intramolecular Hbond substituents is 1. The second-order valence-electron chi connectivity index (χ2n) is 15.8. The zero-order valence-corrected chi connectivity index (χ0v) is 30.9. The number of imidazole rings is 1. The highest BCUT2D eigenvalue weighted by molar-refractivity contribution is 5.97. The number of aromatic hydroxyl groups is 1. The van der Waals surface area contributed by atoms with Crippen LogP contribution in [0.1, 0.15) is 78.0 Å². The van der Waals surface area contributed by atoms with Gasteiger partial charge >= 0.3 is 0 Å². The molecule has 5 heteroatoms. The van der Waals surface area contributed by atoms with Crippen molar-refractivity contribution in [1.29, 1.82) is 0 Å². The number of para-hydroxylation sites is 1. The molecule has 5 nitrogen and oxygen atoms in total. The zero-order valence-electron chi connectivity index (χ0n) is 30.9. The van der Waals surface area contributed by atoms with E-state index in [1.165, 1.54) is 5.56 Å². The maximum Gasteiger partial charge on any atom is 0.149 e. The lowest BCUT2D eigenvalue weighted by Crippen LogP contribution is -2.17. The van der Waals surface area contributed by atoms with Gasteiger partial charge in [0.15, 0.2) is 0 Å². The topological polar surface area (TPSA) is 63.8 Å². The number of fused-ring (bicyclic) bond motifs is 1. The molecule has 3 aromatic heterocycles. The zero-order chi connectivity index (χ0) is 36.1. The molecule has 0 radical (unpaired) electrons. The first-order valence-corrected chi connectivity index (χ1v) is 17.8. The van der Waals surface area contributed by atoms with Crippen LogP contribution in [0.4, 0.5) is 0 Å². The summed E-state index contributed by atoms with van der Waals surface area (Å²) in [6, 6.07) is 35.8. The second kappa shape index (κ2) is 13.0. The number of hydrogen-bond donors (Lipinski definition) is 1.